The summed E-state index contributed by atoms with van der Waals surface area (Å²) in [6.45, 7) is 0. The molecule has 1 aromatic heterocycles. The highest BCUT2D eigenvalue weighted by atomic mass is 16.5. The number of nitrogens with zero attached hydrogens (tertiary/aromatic N) is 2. The minimum Gasteiger partial charge on any atom is -0.497 e. The van der Waals surface area contributed by atoms with Crippen LogP contribution in [0, 0.1) is 0 Å². The molecule has 0 aliphatic heterocycles. The van der Waals surface area contributed by atoms with Crippen molar-refractivity contribution in [3.63, 3.8) is 0 Å². The SMILES string of the molecule is COc1cccc(NC(=O)CCc2cnn(C)c2)c1. The first-order valence-electron chi connectivity index (χ1n) is 6.09. The van der Waals surface area contributed by atoms with Crippen LogP contribution in [-0.4, -0.2) is 22.8 Å². The fourth-order valence-electron chi connectivity index (χ4n) is 1.78. The number of carbonyl (C=O) groups excluding carboxylic acids is 1. The van der Waals surface area contributed by atoms with Crippen LogP contribution in [-0.2, 0) is 18.3 Å². The molecule has 1 heterocycles. The van der Waals surface area contributed by atoms with E-state index in [4.69, 9.17) is 4.74 Å². The molecule has 5 heteroatoms. The Bertz CT molecular complexity index is 563. The molecule has 0 aliphatic carbocycles. The zero-order valence-corrected chi connectivity index (χ0v) is 11.1. The highest BCUT2D eigenvalue weighted by molar-refractivity contribution is 5.91. The Hall–Kier alpha value is -2.30. The number of anilines is 1. The van der Waals surface area contributed by atoms with Gasteiger partial charge in [0.05, 0.1) is 13.3 Å². The third-order valence-corrected chi connectivity index (χ3v) is 2.75. The smallest absolute Gasteiger partial charge is 0.224 e. The van der Waals surface area contributed by atoms with Gasteiger partial charge in [-0.15, -0.1) is 0 Å². The van der Waals surface area contributed by atoms with E-state index in [2.05, 4.69) is 10.4 Å². The highest BCUT2D eigenvalue weighted by Crippen LogP contribution is 2.17. The number of carbonyl (C=O) groups is 1. The molecule has 0 saturated carbocycles. The van der Waals surface area contributed by atoms with Crippen molar-refractivity contribution in [3.8, 4) is 5.75 Å². The van der Waals surface area contributed by atoms with Gasteiger partial charge in [0.2, 0.25) is 5.91 Å². The third-order valence-electron chi connectivity index (χ3n) is 2.75. The minimum atomic E-state index is -0.0166. The van der Waals surface area contributed by atoms with Crippen LogP contribution >= 0.6 is 0 Å². The number of aromatic nitrogens is 2. The van der Waals surface area contributed by atoms with E-state index in [9.17, 15) is 4.79 Å². The Morgan fingerprint density at radius 2 is 2.32 bits per heavy atom. The molecule has 0 fully saturated rings. The van der Waals surface area contributed by atoms with Gasteiger partial charge in [-0.1, -0.05) is 6.07 Å². The van der Waals surface area contributed by atoms with Gasteiger partial charge < -0.3 is 10.1 Å². The standard InChI is InChI=1S/C14H17N3O2/c1-17-10-11(9-15-17)6-7-14(18)16-12-4-3-5-13(8-12)19-2/h3-5,8-10H,6-7H2,1-2H3,(H,16,18). The zero-order valence-electron chi connectivity index (χ0n) is 11.1. The van der Waals surface area contributed by atoms with Gasteiger partial charge in [-0.2, -0.15) is 5.10 Å². The van der Waals surface area contributed by atoms with Gasteiger partial charge in [0, 0.05) is 31.4 Å². The monoisotopic (exact) mass is 259 g/mol. The molecule has 1 N–H and O–H groups in total. The summed E-state index contributed by atoms with van der Waals surface area (Å²) in [5.74, 6) is 0.710. The normalized spacial score (nSPS) is 10.2. The summed E-state index contributed by atoms with van der Waals surface area (Å²) < 4.78 is 6.84. The van der Waals surface area contributed by atoms with Crippen LogP contribution in [0.4, 0.5) is 5.69 Å². The van der Waals surface area contributed by atoms with E-state index in [-0.39, 0.29) is 5.91 Å². The average molecular weight is 259 g/mol. The summed E-state index contributed by atoms with van der Waals surface area (Å²) in [7, 11) is 3.46. The number of ether oxygens (including phenoxy) is 1. The summed E-state index contributed by atoms with van der Waals surface area (Å²) in [6.07, 6.45) is 4.81. The molecule has 1 aromatic carbocycles. The van der Waals surface area contributed by atoms with Crippen LogP contribution in [0.1, 0.15) is 12.0 Å². The lowest BCUT2D eigenvalue weighted by atomic mass is 10.2. The number of aryl methyl sites for hydroxylation is 2. The lowest BCUT2D eigenvalue weighted by molar-refractivity contribution is -0.116. The molecule has 0 radical (unpaired) electrons. The van der Waals surface area contributed by atoms with Gasteiger partial charge in [0.25, 0.3) is 0 Å². The van der Waals surface area contributed by atoms with E-state index >= 15 is 0 Å². The number of methoxy groups -OCH3 is 1. The molecule has 0 unspecified atom stereocenters. The van der Waals surface area contributed by atoms with Gasteiger partial charge in [-0.05, 0) is 24.1 Å². The van der Waals surface area contributed by atoms with Crippen molar-refractivity contribution >= 4 is 11.6 Å². The predicted octanol–water partition coefficient (Wildman–Crippen LogP) is 2.00. The van der Waals surface area contributed by atoms with E-state index < -0.39 is 0 Å². The zero-order chi connectivity index (χ0) is 13.7. The number of benzene rings is 1. The largest absolute Gasteiger partial charge is 0.497 e. The van der Waals surface area contributed by atoms with Crippen LogP contribution in [0.25, 0.3) is 0 Å². The second-order valence-electron chi connectivity index (χ2n) is 4.30. The number of nitrogens with one attached hydrogen (secondary N) is 1. The molecule has 100 valence electrons. The second kappa shape index (κ2) is 6.04. The van der Waals surface area contributed by atoms with Crippen LogP contribution in [0.5, 0.6) is 5.75 Å². The molecule has 19 heavy (non-hydrogen) atoms. The van der Waals surface area contributed by atoms with E-state index in [0.29, 0.717) is 12.8 Å². The summed E-state index contributed by atoms with van der Waals surface area (Å²) in [5.41, 5.74) is 1.80. The van der Waals surface area contributed by atoms with Crippen molar-refractivity contribution in [2.45, 2.75) is 12.8 Å². The molecule has 5 nitrogen and oxygen atoms in total. The van der Waals surface area contributed by atoms with Crippen molar-refractivity contribution < 1.29 is 9.53 Å². The predicted molar refractivity (Wildman–Crippen MR) is 73.2 cm³/mol. The van der Waals surface area contributed by atoms with Crippen molar-refractivity contribution in [2.24, 2.45) is 7.05 Å². The van der Waals surface area contributed by atoms with Gasteiger partial charge in [0.1, 0.15) is 5.75 Å². The third kappa shape index (κ3) is 3.84. The number of hydrogen-bond acceptors (Lipinski definition) is 3. The molecular weight excluding hydrogens is 242 g/mol. The minimum absolute atomic E-state index is 0.0166. The molecule has 0 aliphatic rings. The maximum Gasteiger partial charge on any atom is 0.224 e. The first-order valence-corrected chi connectivity index (χ1v) is 6.09. The lowest BCUT2D eigenvalue weighted by Crippen LogP contribution is -2.12. The molecule has 2 aromatic rings. The second-order valence-corrected chi connectivity index (χ2v) is 4.30. The van der Waals surface area contributed by atoms with Crippen molar-refractivity contribution in [2.75, 3.05) is 12.4 Å². The van der Waals surface area contributed by atoms with Crippen molar-refractivity contribution in [3.05, 3.63) is 42.2 Å². The maximum atomic E-state index is 11.8. The van der Waals surface area contributed by atoms with E-state index in [1.54, 1.807) is 24.1 Å². The van der Waals surface area contributed by atoms with E-state index in [0.717, 1.165) is 17.0 Å². The summed E-state index contributed by atoms with van der Waals surface area (Å²) in [6, 6.07) is 7.31. The van der Waals surface area contributed by atoms with Crippen LogP contribution < -0.4 is 10.1 Å². The molecule has 2 rings (SSSR count). The van der Waals surface area contributed by atoms with Crippen LogP contribution in [0.2, 0.25) is 0 Å². The quantitative estimate of drug-likeness (QED) is 0.893. The molecular formula is C14H17N3O2. The molecule has 1 amide bonds. The molecule has 0 atom stereocenters. The van der Waals surface area contributed by atoms with E-state index in [1.165, 1.54) is 0 Å². The van der Waals surface area contributed by atoms with Gasteiger partial charge in [0.15, 0.2) is 0 Å². The number of amides is 1. The Balaban J connectivity index is 1.86. The first kappa shape index (κ1) is 13.1. The summed E-state index contributed by atoms with van der Waals surface area (Å²) in [5, 5.41) is 6.92. The molecule has 0 saturated heterocycles. The van der Waals surface area contributed by atoms with Crippen molar-refractivity contribution in [1.29, 1.82) is 0 Å². The first-order chi connectivity index (χ1) is 9.17. The van der Waals surface area contributed by atoms with Gasteiger partial charge in [-0.25, -0.2) is 0 Å². The Morgan fingerprint density at radius 1 is 1.47 bits per heavy atom. The average Bonchev–Trinajstić information content (AvgIpc) is 2.82. The summed E-state index contributed by atoms with van der Waals surface area (Å²) >= 11 is 0. The van der Waals surface area contributed by atoms with Gasteiger partial charge >= 0.3 is 0 Å². The van der Waals surface area contributed by atoms with Crippen LogP contribution in [0.3, 0.4) is 0 Å². The fourth-order valence-corrected chi connectivity index (χ4v) is 1.78. The lowest BCUT2D eigenvalue weighted by Gasteiger charge is -2.06. The molecule has 0 spiro atoms. The fraction of sp³-hybridized carbons (Fsp3) is 0.286. The van der Waals surface area contributed by atoms with Crippen molar-refractivity contribution in [1.82, 2.24) is 9.78 Å². The Kier molecular flexibility index (Phi) is 4.18. The highest BCUT2D eigenvalue weighted by Gasteiger charge is 2.05. The topological polar surface area (TPSA) is 56.1 Å². The molecule has 0 bridgehead atoms. The Labute approximate surface area is 112 Å². The van der Waals surface area contributed by atoms with E-state index in [1.807, 2.05) is 31.4 Å². The van der Waals surface area contributed by atoms with Gasteiger partial charge in [-0.3, -0.25) is 9.48 Å². The Morgan fingerprint density at radius 3 is 3.00 bits per heavy atom. The summed E-state index contributed by atoms with van der Waals surface area (Å²) in [4.78, 5) is 11.8. The number of rotatable bonds is 5. The maximum absolute atomic E-state index is 11.8. The number of hydrogen-bond donors (Lipinski definition) is 1. The van der Waals surface area contributed by atoms with Crippen LogP contribution in [0.15, 0.2) is 36.7 Å².